The molecule has 1 amide bonds. The van der Waals surface area contributed by atoms with E-state index in [2.05, 4.69) is 13.8 Å². The Balaban J connectivity index is 2.09. The van der Waals surface area contributed by atoms with Gasteiger partial charge in [-0.1, -0.05) is 44.2 Å². The number of hydrogen-bond acceptors (Lipinski definition) is 3. The first-order chi connectivity index (χ1) is 10.3. The monoisotopic (exact) mass is 303 g/mol. The number of aliphatic hydroxyl groups is 1. The van der Waals surface area contributed by atoms with Gasteiger partial charge in [0.2, 0.25) is 5.78 Å². The molecule has 1 N–H and O–H groups in total. The van der Waals surface area contributed by atoms with Crippen molar-refractivity contribution in [2.45, 2.75) is 39.2 Å². The molecule has 1 aliphatic rings. The first kappa shape index (κ1) is 16.7. The third kappa shape index (κ3) is 3.74. The van der Waals surface area contributed by atoms with E-state index >= 15 is 0 Å². The second-order valence-corrected chi connectivity index (χ2v) is 6.88. The van der Waals surface area contributed by atoms with Crippen molar-refractivity contribution in [1.82, 2.24) is 4.90 Å². The van der Waals surface area contributed by atoms with Crippen LogP contribution in [0.25, 0.3) is 0 Å². The largest absolute Gasteiger partial charge is 0.390 e. The number of amides is 1. The van der Waals surface area contributed by atoms with Crippen molar-refractivity contribution >= 4 is 11.7 Å². The van der Waals surface area contributed by atoms with Gasteiger partial charge in [-0.3, -0.25) is 9.59 Å². The summed E-state index contributed by atoms with van der Waals surface area (Å²) < 4.78 is 0. The molecule has 0 aliphatic carbocycles. The van der Waals surface area contributed by atoms with Gasteiger partial charge in [0.25, 0.3) is 5.91 Å². The van der Waals surface area contributed by atoms with Crippen LogP contribution >= 0.6 is 0 Å². The minimum absolute atomic E-state index is 0.00812. The van der Waals surface area contributed by atoms with Crippen LogP contribution < -0.4 is 0 Å². The molecule has 1 aromatic carbocycles. The Labute approximate surface area is 132 Å². The molecule has 0 bridgehead atoms. The molecule has 1 saturated heterocycles. The molecule has 1 aromatic rings. The molecule has 0 saturated carbocycles. The van der Waals surface area contributed by atoms with Gasteiger partial charge < -0.3 is 10.0 Å². The summed E-state index contributed by atoms with van der Waals surface area (Å²) in [7, 11) is 0. The molecule has 2 atom stereocenters. The van der Waals surface area contributed by atoms with E-state index in [1.807, 2.05) is 13.0 Å². The van der Waals surface area contributed by atoms with Crippen LogP contribution in [-0.4, -0.2) is 40.4 Å². The maximum absolute atomic E-state index is 12.4. The van der Waals surface area contributed by atoms with E-state index in [9.17, 15) is 14.7 Å². The van der Waals surface area contributed by atoms with Crippen LogP contribution in [0.15, 0.2) is 30.3 Å². The highest BCUT2D eigenvalue weighted by molar-refractivity contribution is 6.42. The quantitative estimate of drug-likeness (QED) is 0.687. The minimum atomic E-state index is -0.767. The van der Waals surface area contributed by atoms with Gasteiger partial charge in [0, 0.05) is 24.6 Å². The van der Waals surface area contributed by atoms with Crippen molar-refractivity contribution < 1.29 is 14.7 Å². The lowest BCUT2D eigenvalue weighted by molar-refractivity contribution is -0.134. The maximum atomic E-state index is 12.4. The Bertz CT molecular complexity index is 537. The molecule has 1 aliphatic heterocycles. The van der Waals surface area contributed by atoms with Crippen LogP contribution in [0.4, 0.5) is 0 Å². The summed E-state index contributed by atoms with van der Waals surface area (Å²) in [5.74, 6) is -0.481. The molecule has 2 rings (SSSR count). The molecular weight excluding hydrogens is 278 g/mol. The van der Waals surface area contributed by atoms with Crippen LogP contribution in [0.2, 0.25) is 0 Å². The van der Waals surface area contributed by atoms with Gasteiger partial charge in [-0.05, 0) is 25.7 Å². The second-order valence-electron chi connectivity index (χ2n) is 6.88. The van der Waals surface area contributed by atoms with Crippen LogP contribution in [0.5, 0.6) is 0 Å². The number of likely N-dealkylation sites (tertiary alicyclic amines) is 1. The van der Waals surface area contributed by atoms with Crippen molar-refractivity contribution in [2.75, 3.05) is 13.1 Å². The lowest BCUT2D eigenvalue weighted by Gasteiger charge is -2.43. The summed E-state index contributed by atoms with van der Waals surface area (Å²) in [6, 6.07) is 8.64. The van der Waals surface area contributed by atoms with Gasteiger partial charge in [-0.25, -0.2) is 0 Å². The summed E-state index contributed by atoms with van der Waals surface area (Å²) in [6.07, 6.45) is 1.36. The summed E-state index contributed by atoms with van der Waals surface area (Å²) >= 11 is 0. The third-order valence-corrected chi connectivity index (χ3v) is 4.48. The average Bonchev–Trinajstić information content (AvgIpc) is 2.48. The lowest BCUT2D eigenvalue weighted by atomic mass is 9.78. The molecule has 0 spiro atoms. The third-order valence-electron chi connectivity index (χ3n) is 4.48. The van der Waals surface area contributed by atoms with Gasteiger partial charge >= 0.3 is 0 Å². The normalized spacial score (nSPS) is 25.3. The number of benzene rings is 1. The summed E-state index contributed by atoms with van der Waals surface area (Å²) in [4.78, 5) is 26.3. The fourth-order valence-corrected chi connectivity index (χ4v) is 3.06. The van der Waals surface area contributed by atoms with Gasteiger partial charge in [0.05, 0.1) is 5.60 Å². The van der Waals surface area contributed by atoms with Crippen LogP contribution in [-0.2, 0) is 4.79 Å². The second kappa shape index (κ2) is 6.61. The summed E-state index contributed by atoms with van der Waals surface area (Å²) in [6.45, 7) is 6.92. The molecular formula is C18H25NO3. The molecule has 0 unspecified atom stereocenters. The number of carbonyl (C=O) groups excluding carboxylic acids is 2. The van der Waals surface area contributed by atoms with Crippen molar-refractivity contribution in [3.63, 3.8) is 0 Å². The molecule has 4 heteroatoms. The zero-order chi connectivity index (χ0) is 16.3. The number of carbonyl (C=O) groups is 2. The first-order valence-electron chi connectivity index (χ1n) is 7.92. The number of piperidine rings is 1. The molecule has 0 radical (unpaired) electrons. The number of rotatable bonds is 4. The predicted molar refractivity (Wildman–Crippen MR) is 85.5 cm³/mol. The van der Waals surface area contributed by atoms with E-state index in [4.69, 9.17) is 0 Å². The Hall–Kier alpha value is -1.68. The van der Waals surface area contributed by atoms with Crippen LogP contribution in [0.1, 0.15) is 44.0 Å². The topological polar surface area (TPSA) is 57.6 Å². The SMILES string of the molecule is CC(C)C[C@@H]1CN(C(=O)C(=O)c2ccccc2)CC[C@]1(C)O. The fourth-order valence-electron chi connectivity index (χ4n) is 3.06. The highest BCUT2D eigenvalue weighted by Crippen LogP contribution is 2.32. The van der Waals surface area contributed by atoms with Crippen molar-refractivity contribution in [2.24, 2.45) is 11.8 Å². The summed E-state index contributed by atoms with van der Waals surface area (Å²) in [5.41, 5.74) is -0.345. The van der Waals surface area contributed by atoms with Crippen molar-refractivity contribution in [1.29, 1.82) is 0 Å². The smallest absolute Gasteiger partial charge is 0.294 e. The van der Waals surface area contributed by atoms with E-state index < -0.39 is 17.3 Å². The van der Waals surface area contributed by atoms with E-state index in [1.165, 1.54) is 0 Å². The van der Waals surface area contributed by atoms with Crippen LogP contribution in [0.3, 0.4) is 0 Å². The molecule has 4 nitrogen and oxygen atoms in total. The molecule has 22 heavy (non-hydrogen) atoms. The molecule has 120 valence electrons. The number of hydrogen-bond donors (Lipinski definition) is 1. The van der Waals surface area contributed by atoms with Gasteiger partial charge in [-0.15, -0.1) is 0 Å². The van der Waals surface area contributed by atoms with Crippen LogP contribution in [0, 0.1) is 11.8 Å². The van der Waals surface area contributed by atoms with E-state index in [0.29, 0.717) is 31.0 Å². The molecule has 1 heterocycles. The van der Waals surface area contributed by atoms with Gasteiger partial charge in [0.1, 0.15) is 0 Å². The average molecular weight is 303 g/mol. The lowest BCUT2D eigenvalue weighted by Crippen LogP contribution is -2.53. The Morgan fingerprint density at radius 1 is 1.32 bits per heavy atom. The number of nitrogens with zero attached hydrogens (tertiary/aromatic N) is 1. The maximum Gasteiger partial charge on any atom is 0.294 e. The molecule has 1 fully saturated rings. The number of ketones is 1. The van der Waals surface area contributed by atoms with E-state index in [0.717, 1.165) is 6.42 Å². The predicted octanol–water partition coefficient (Wildman–Crippen LogP) is 2.51. The van der Waals surface area contributed by atoms with Gasteiger partial charge in [0.15, 0.2) is 0 Å². The Morgan fingerprint density at radius 2 is 1.95 bits per heavy atom. The van der Waals surface area contributed by atoms with E-state index in [-0.39, 0.29) is 5.92 Å². The van der Waals surface area contributed by atoms with Crippen molar-refractivity contribution in [3.8, 4) is 0 Å². The highest BCUT2D eigenvalue weighted by atomic mass is 16.3. The van der Waals surface area contributed by atoms with Crippen molar-refractivity contribution in [3.05, 3.63) is 35.9 Å². The van der Waals surface area contributed by atoms with E-state index in [1.54, 1.807) is 29.2 Å². The standard InChI is InChI=1S/C18H25NO3/c1-13(2)11-15-12-19(10-9-18(15,3)22)17(21)16(20)14-7-5-4-6-8-14/h4-8,13,15,22H,9-12H2,1-3H3/t15-,18+/m1/s1. The zero-order valence-corrected chi connectivity index (χ0v) is 13.6. The Kier molecular flexibility index (Phi) is 5.01. The van der Waals surface area contributed by atoms with Gasteiger partial charge in [-0.2, -0.15) is 0 Å². The molecule has 0 aromatic heterocycles. The fraction of sp³-hybridized carbons (Fsp3) is 0.556. The highest BCUT2D eigenvalue weighted by Gasteiger charge is 2.40. The summed E-state index contributed by atoms with van der Waals surface area (Å²) in [5, 5.41) is 10.5. The Morgan fingerprint density at radius 3 is 2.55 bits per heavy atom. The number of Topliss-reactive ketones (excluding diaryl/α,β-unsaturated/α-hetero) is 1. The minimum Gasteiger partial charge on any atom is -0.390 e. The first-order valence-corrected chi connectivity index (χ1v) is 7.92. The zero-order valence-electron chi connectivity index (χ0n) is 13.6.